The number of carbonyl (C=O) groups is 4. The second-order valence-corrected chi connectivity index (χ2v) is 8.66. The summed E-state index contributed by atoms with van der Waals surface area (Å²) in [5.74, 6) is -1.43. The van der Waals surface area contributed by atoms with Crippen LogP contribution in [-0.2, 0) is 19.1 Å². The van der Waals surface area contributed by atoms with Crippen molar-refractivity contribution in [3.05, 3.63) is 62.4 Å². The molecule has 11 heteroatoms. The van der Waals surface area contributed by atoms with Crippen LogP contribution in [0.15, 0.2) is 51.8 Å². The van der Waals surface area contributed by atoms with Gasteiger partial charge in [0.05, 0.1) is 22.7 Å². The molecule has 1 saturated heterocycles. The van der Waals surface area contributed by atoms with Crippen molar-refractivity contribution >= 4 is 74.1 Å². The van der Waals surface area contributed by atoms with Crippen molar-refractivity contribution < 1.29 is 28.7 Å². The fourth-order valence-corrected chi connectivity index (χ4v) is 4.02. The highest BCUT2D eigenvalue weighted by Crippen LogP contribution is 2.35. The topological polar surface area (TPSA) is 102 Å². The van der Waals surface area contributed by atoms with E-state index in [9.17, 15) is 19.2 Å². The van der Waals surface area contributed by atoms with Crippen molar-refractivity contribution in [3.8, 4) is 5.75 Å². The van der Waals surface area contributed by atoms with Gasteiger partial charge in [-0.25, -0.2) is 4.79 Å². The fraction of sp³-hybridized carbons (Fsp3) is 0.143. The summed E-state index contributed by atoms with van der Waals surface area (Å²) in [4.78, 5) is 49.8. The first-order valence-electron chi connectivity index (χ1n) is 9.07. The van der Waals surface area contributed by atoms with Crippen LogP contribution >= 0.6 is 39.3 Å². The summed E-state index contributed by atoms with van der Waals surface area (Å²) in [6, 6.07) is 11.6. The number of hydrogen-bond acceptors (Lipinski definition) is 7. The number of hydrogen-bond donors (Lipinski definition) is 1. The van der Waals surface area contributed by atoms with Gasteiger partial charge in [-0.3, -0.25) is 19.3 Å². The molecule has 0 aromatic heterocycles. The molecule has 2 aromatic carbocycles. The molecule has 3 amide bonds. The molecule has 1 aliphatic rings. The molecule has 2 aromatic rings. The van der Waals surface area contributed by atoms with Crippen molar-refractivity contribution in [3.63, 3.8) is 0 Å². The number of nitrogens with one attached hydrogen (secondary N) is 1. The van der Waals surface area contributed by atoms with E-state index in [-0.39, 0.29) is 11.5 Å². The van der Waals surface area contributed by atoms with Crippen molar-refractivity contribution in [1.82, 2.24) is 4.90 Å². The average molecular weight is 540 g/mol. The molecule has 1 heterocycles. The van der Waals surface area contributed by atoms with E-state index in [1.807, 2.05) is 0 Å². The summed E-state index contributed by atoms with van der Waals surface area (Å²) < 4.78 is 10.7. The van der Waals surface area contributed by atoms with Gasteiger partial charge in [0, 0.05) is 10.0 Å². The van der Waals surface area contributed by atoms with Crippen LogP contribution in [0, 0.1) is 0 Å². The molecule has 1 aliphatic heterocycles. The van der Waals surface area contributed by atoms with Crippen molar-refractivity contribution in [2.75, 3.05) is 25.6 Å². The van der Waals surface area contributed by atoms with E-state index >= 15 is 0 Å². The van der Waals surface area contributed by atoms with Gasteiger partial charge in [-0.05, 0) is 48.2 Å². The Morgan fingerprint density at radius 3 is 2.69 bits per heavy atom. The lowest BCUT2D eigenvalue weighted by molar-refractivity contribution is -0.142. The number of esters is 1. The minimum Gasteiger partial charge on any atom is -0.481 e. The zero-order valence-corrected chi connectivity index (χ0v) is 19.8. The average Bonchev–Trinajstić information content (AvgIpc) is 3.02. The number of ether oxygens (including phenoxy) is 2. The number of carbonyl (C=O) groups excluding carboxylic acids is 4. The van der Waals surface area contributed by atoms with Crippen LogP contribution in [-0.4, -0.2) is 48.2 Å². The number of rotatable bonds is 7. The Hall–Kier alpha value is -2.82. The number of methoxy groups -OCH3 is 1. The molecule has 0 spiro atoms. The number of anilines is 1. The lowest BCUT2D eigenvalue weighted by atomic mass is 10.2. The van der Waals surface area contributed by atoms with Gasteiger partial charge in [-0.2, -0.15) is 0 Å². The largest absolute Gasteiger partial charge is 0.481 e. The van der Waals surface area contributed by atoms with Crippen molar-refractivity contribution in [2.24, 2.45) is 0 Å². The van der Waals surface area contributed by atoms with E-state index < -0.39 is 29.6 Å². The Labute approximate surface area is 201 Å². The van der Waals surface area contributed by atoms with Crippen LogP contribution in [0.3, 0.4) is 0 Å². The predicted molar refractivity (Wildman–Crippen MR) is 124 cm³/mol. The lowest BCUT2D eigenvalue weighted by Crippen LogP contribution is -2.36. The molecule has 3 rings (SSSR count). The fourth-order valence-electron chi connectivity index (χ4n) is 2.63. The molecule has 0 aliphatic carbocycles. The summed E-state index contributed by atoms with van der Waals surface area (Å²) in [6.45, 7) is -0.778. The summed E-state index contributed by atoms with van der Waals surface area (Å²) in [5, 5.41) is 2.33. The molecule has 0 atom stereocenters. The van der Waals surface area contributed by atoms with E-state index in [0.717, 1.165) is 4.90 Å². The monoisotopic (exact) mass is 538 g/mol. The van der Waals surface area contributed by atoms with Gasteiger partial charge in [0.1, 0.15) is 12.3 Å². The van der Waals surface area contributed by atoms with Crippen molar-refractivity contribution in [2.45, 2.75) is 0 Å². The lowest BCUT2D eigenvalue weighted by Gasteiger charge is -2.13. The summed E-state index contributed by atoms with van der Waals surface area (Å²) in [5.41, 5.74) is 0.845. The maximum Gasteiger partial charge on any atom is 0.343 e. The highest BCUT2D eigenvalue weighted by atomic mass is 79.9. The van der Waals surface area contributed by atoms with Gasteiger partial charge in [-0.15, -0.1) is 0 Å². The van der Waals surface area contributed by atoms with Crippen LogP contribution in [0.5, 0.6) is 5.75 Å². The normalized spacial score (nSPS) is 14.6. The molecule has 0 saturated carbocycles. The number of amides is 3. The van der Waals surface area contributed by atoms with Gasteiger partial charge in [0.15, 0.2) is 6.61 Å². The molecule has 1 fully saturated rings. The minimum atomic E-state index is -0.617. The van der Waals surface area contributed by atoms with E-state index in [4.69, 9.17) is 16.3 Å². The zero-order chi connectivity index (χ0) is 23.3. The molecule has 0 bridgehead atoms. The Kier molecular flexibility index (Phi) is 7.94. The molecule has 1 N–H and O–H groups in total. The van der Waals surface area contributed by atoms with Crippen LogP contribution in [0.4, 0.5) is 10.5 Å². The highest BCUT2D eigenvalue weighted by molar-refractivity contribution is 9.10. The second-order valence-electron chi connectivity index (χ2n) is 6.34. The van der Waals surface area contributed by atoms with Crippen molar-refractivity contribution in [1.29, 1.82) is 0 Å². The van der Waals surface area contributed by atoms with Gasteiger partial charge in [0.25, 0.3) is 11.1 Å². The zero-order valence-electron chi connectivity index (χ0n) is 16.6. The second kappa shape index (κ2) is 10.7. The Balaban J connectivity index is 1.75. The molecule has 166 valence electrons. The van der Waals surface area contributed by atoms with Crippen LogP contribution in [0.1, 0.15) is 5.56 Å². The first-order valence-corrected chi connectivity index (χ1v) is 11.1. The van der Waals surface area contributed by atoms with E-state index in [1.54, 1.807) is 42.5 Å². The number of imide groups is 1. The van der Waals surface area contributed by atoms with Crippen LogP contribution < -0.4 is 10.1 Å². The van der Waals surface area contributed by atoms with Crippen LogP contribution in [0.2, 0.25) is 5.02 Å². The maximum atomic E-state index is 12.8. The number of para-hydroxylation sites is 1. The molecule has 8 nitrogen and oxygen atoms in total. The molecular formula is C21H16BrClN2O6S. The predicted octanol–water partition coefficient (Wildman–Crippen LogP) is 4.33. The third-order valence-electron chi connectivity index (χ3n) is 4.15. The number of benzene rings is 2. The van der Waals surface area contributed by atoms with E-state index in [2.05, 4.69) is 26.0 Å². The smallest absolute Gasteiger partial charge is 0.343 e. The van der Waals surface area contributed by atoms with E-state index in [1.165, 1.54) is 13.2 Å². The van der Waals surface area contributed by atoms with Gasteiger partial charge >= 0.3 is 5.97 Å². The molecule has 0 unspecified atom stereocenters. The van der Waals surface area contributed by atoms with Gasteiger partial charge < -0.3 is 14.8 Å². The number of thioether (sulfide) groups is 1. The van der Waals surface area contributed by atoms with Gasteiger partial charge in [-0.1, -0.05) is 39.7 Å². The third kappa shape index (κ3) is 5.90. The highest BCUT2D eigenvalue weighted by Gasteiger charge is 2.36. The summed E-state index contributed by atoms with van der Waals surface area (Å²) in [7, 11) is 1.24. The Morgan fingerprint density at radius 1 is 1.22 bits per heavy atom. The SMILES string of the molecule is COC(=O)COc1ccc(Br)cc1/C=C1/SC(=O)N(CC(=O)Nc2ccccc2Cl)C1=O. The maximum absolute atomic E-state index is 12.8. The Morgan fingerprint density at radius 2 is 1.97 bits per heavy atom. The summed E-state index contributed by atoms with van der Waals surface area (Å²) >= 11 is 10.1. The van der Waals surface area contributed by atoms with Crippen LogP contribution in [0.25, 0.3) is 6.08 Å². The van der Waals surface area contributed by atoms with E-state index in [0.29, 0.717) is 38.3 Å². The minimum absolute atomic E-state index is 0.113. The standard InChI is InChI=1S/C21H16BrClN2O6S/c1-30-19(27)11-31-16-7-6-13(22)8-12(16)9-17-20(28)25(21(29)32-17)10-18(26)24-15-5-3-2-4-14(15)23/h2-9H,10-11H2,1H3,(H,24,26)/b17-9+. The third-order valence-corrected chi connectivity index (χ3v) is 5.89. The molecular weight excluding hydrogens is 524 g/mol. The molecule has 32 heavy (non-hydrogen) atoms. The molecule has 0 radical (unpaired) electrons. The quantitative estimate of drug-likeness (QED) is 0.413. The van der Waals surface area contributed by atoms with Gasteiger partial charge in [0.2, 0.25) is 5.91 Å². The summed E-state index contributed by atoms with van der Waals surface area (Å²) in [6.07, 6.45) is 1.47. The first-order chi connectivity index (χ1) is 15.3. The first kappa shape index (κ1) is 23.8. The Bertz CT molecular complexity index is 1120. The number of nitrogens with zero attached hydrogens (tertiary/aromatic N) is 1. The number of halogens is 2.